The Bertz CT molecular complexity index is 1290. The summed E-state index contributed by atoms with van der Waals surface area (Å²) in [5, 5.41) is 0. The first-order valence-electron chi connectivity index (χ1n) is 12.1. The van der Waals surface area contributed by atoms with Gasteiger partial charge >= 0.3 is 0 Å². The molecule has 4 saturated carbocycles. The molecule has 1 amide bonds. The van der Waals surface area contributed by atoms with Crippen LogP contribution >= 0.6 is 0 Å². The van der Waals surface area contributed by atoms with Gasteiger partial charge in [0.2, 0.25) is 15.9 Å². The van der Waals surface area contributed by atoms with Crippen molar-refractivity contribution >= 4 is 15.9 Å². The van der Waals surface area contributed by atoms with Gasteiger partial charge in [0, 0.05) is 23.7 Å². The second-order valence-electron chi connectivity index (χ2n) is 11.0. The maximum atomic E-state index is 15.7. The normalized spacial score (nSPS) is 32.9. The Morgan fingerprint density at radius 1 is 1.09 bits per heavy atom. The van der Waals surface area contributed by atoms with Gasteiger partial charge in [-0.2, -0.15) is 0 Å². The van der Waals surface area contributed by atoms with Crippen LogP contribution in [-0.2, 0) is 21.2 Å². The predicted molar refractivity (Wildman–Crippen MR) is 124 cm³/mol. The Hall–Kier alpha value is -2.39. The Kier molecular flexibility index (Phi) is 5.14. The van der Waals surface area contributed by atoms with Gasteiger partial charge in [0.1, 0.15) is 17.5 Å². The van der Waals surface area contributed by atoms with Crippen LogP contribution in [0.3, 0.4) is 0 Å². The number of nitrogens with one attached hydrogen (secondary N) is 1. The zero-order valence-electron chi connectivity index (χ0n) is 19.3. The molecule has 4 atom stereocenters. The Balaban J connectivity index is 1.37. The highest BCUT2D eigenvalue weighted by Gasteiger charge is 2.66. The lowest BCUT2D eigenvalue weighted by atomic mass is 9.44. The van der Waals surface area contributed by atoms with Gasteiger partial charge in [-0.1, -0.05) is 18.2 Å². The lowest BCUT2D eigenvalue weighted by Crippen LogP contribution is -2.67. The Morgan fingerprint density at radius 2 is 1.77 bits per heavy atom. The number of halogens is 3. The molecule has 4 aliphatic carbocycles. The van der Waals surface area contributed by atoms with Gasteiger partial charge in [-0.25, -0.2) is 26.3 Å². The highest BCUT2D eigenvalue weighted by Crippen LogP contribution is 2.66. The van der Waals surface area contributed by atoms with Crippen LogP contribution in [0.1, 0.15) is 37.7 Å². The fourth-order valence-corrected chi connectivity index (χ4v) is 7.40. The molecular formula is C26H27F3N2O3S. The van der Waals surface area contributed by atoms with E-state index in [1.807, 2.05) is 4.90 Å². The van der Waals surface area contributed by atoms with Crippen molar-refractivity contribution in [1.82, 2.24) is 9.62 Å². The largest absolute Gasteiger partial charge is 0.334 e. The van der Waals surface area contributed by atoms with E-state index in [0.717, 1.165) is 50.1 Å². The molecule has 2 aromatic carbocycles. The van der Waals surface area contributed by atoms with E-state index in [0.29, 0.717) is 12.3 Å². The molecule has 1 N–H and O–H groups in total. The smallest absolute Gasteiger partial charge is 0.229 e. The van der Waals surface area contributed by atoms with E-state index in [1.54, 1.807) is 12.1 Å². The predicted octanol–water partition coefficient (Wildman–Crippen LogP) is 4.02. The molecular weight excluding hydrogens is 477 g/mol. The van der Waals surface area contributed by atoms with Crippen molar-refractivity contribution < 1.29 is 26.4 Å². The van der Waals surface area contributed by atoms with E-state index in [1.165, 1.54) is 6.07 Å². The molecule has 186 valence electrons. The van der Waals surface area contributed by atoms with Crippen LogP contribution in [0.15, 0.2) is 36.4 Å². The number of hydrogen-bond donors (Lipinski definition) is 1. The molecule has 1 heterocycles. The molecule has 0 unspecified atom stereocenters. The van der Waals surface area contributed by atoms with Crippen molar-refractivity contribution in [2.24, 2.45) is 17.3 Å². The fourth-order valence-electron chi connectivity index (χ4n) is 6.60. The number of fused-ring (bicyclic) bond motifs is 1. The van der Waals surface area contributed by atoms with Gasteiger partial charge in [-0.15, -0.1) is 0 Å². The molecule has 0 spiro atoms. The first-order valence-corrected chi connectivity index (χ1v) is 14.0. The van der Waals surface area contributed by atoms with Crippen LogP contribution in [-0.4, -0.2) is 43.6 Å². The molecule has 9 heteroatoms. The summed E-state index contributed by atoms with van der Waals surface area (Å²) in [7, 11) is -3.56. The van der Waals surface area contributed by atoms with Crippen LogP contribution in [0.25, 0.3) is 11.1 Å². The summed E-state index contributed by atoms with van der Waals surface area (Å²) in [5.74, 6) is -1.29. The molecule has 2 bridgehead atoms. The quantitative estimate of drug-likeness (QED) is 0.646. The standard InChI is InChI=1S/C26H27F3N2O3S/c1-35(33,34)30-21-7-17-9-22(17)31(25(32)26-11-14(12-26)13-26)23(21)8-15-3-2-4-20(24(15)29)16-5-18(27)10-19(28)6-16/h2-6,10,14,17,21-23,30H,7-9,11-13H2,1H3/t14?,17-,21+,22+,23+,26?/m1/s1. The minimum atomic E-state index is -3.56. The van der Waals surface area contributed by atoms with E-state index < -0.39 is 39.6 Å². The summed E-state index contributed by atoms with van der Waals surface area (Å²) in [6, 6.07) is 6.55. The van der Waals surface area contributed by atoms with Gasteiger partial charge in [-0.3, -0.25) is 4.79 Å². The Morgan fingerprint density at radius 3 is 2.37 bits per heavy atom. The number of benzene rings is 2. The van der Waals surface area contributed by atoms with E-state index in [9.17, 15) is 22.0 Å². The minimum Gasteiger partial charge on any atom is -0.334 e. The molecule has 35 heavy (non-hydrogen) atoms. The molecule has 2 aromatic rings. The number of carbonyl (C=O) groups excluding carboxylic acids is 1. The minimum absolute atomic E-state index is 0.0581. The summed E-state index contributed by atoms with van der Waals surface area (Å²) < 4.78 is 70.4. The number of nitrogens with zero attached hydrogens (tertiary/aromatic N) is 1. The summed E-state index contributed by atoms with van der Waals surface area (Å²) in [5.41, 5.74) is 0.0981. The summed E-state index contributed by atoms with van der Waals surface area (Å²) in [6.07, 6.45) is 5.27. The van der Waals surface area contributed by atoms with Gasteiger partial charge < -0.3 is 4.90 Å². The van der Waals surface area contributed by atoms with E-state index in [2.05, 4.69) is 4.72 Å². The lowest BCUT2D eigenvalue weighted by molar-refractivity contribution is -0.182. The third-order valence-electron chi connectivity index (χ3n) is 8.39. The van der Waals surface area contributed by atoms with Gasteiger partial charge in [0.25, 0.3) is 0 Å². The molecule has 1 saturated heterocycles. The van der Waals surface area contributed by atoms with Gasteiger partial charge in [-0.05, 0) is 73.6 Å². The number of sulfonamides is 1. The summed E-state index contributed by atoms with van der Waals surface area (Å²) >= 11 is 0. The fraction of sp³-hybridized carbons (Fsp3) is 0.500. The van der Waals surface area contributed by atoms with Gasteiger partial charge in [0.15, 0.2) is 0 Å². The molecule has 1 aliphatic heterocycles. The second-order valence-corrected chi connectivity index (χ2v) is 12.8. The zero-order valence-corrected chi connectivity index (χ0v) is 20.1. The first kappa shape index (κ1) is 23.0. The number of likely N-dealkylation sites (tertiary alicyclic amines) is 1. The number of carbonyl (C=O) groups is 1. The second kappa shape index (κ2) is 7.80. The molecule has 5 fully saturated rings. The van der Waals surface area contributed by atoms with E-state index >= 15 is 4.39 Å². The average Bonchev–Trinajstić information content (AvgIpc) is 3.44. The first-order chi connectivity index (χ1) is 16.5. The van der Waals surface area contributed by atoms with Crippen molar-refractivity contribution in [3.8, 4) is 11.1 Å². The van der Waals surface area contributed by atoms with Crippen LogP contribution in [0.5, 0.6) is 0 Å². The van der Waals surface area contributed by atoms with Crippen molar-refractivity contribution in [2.45, 2.75) is 56.7 Å². The molecule has 0 radical (unpaired) electrons. The highest BCUT2D eigenvalue weighted by molar-refractivity contribution is 7.88. The topological polar surface area (TPSA) is 66.5 Å². The summed E-state index contributed by atoms with van der Waals surface area (Å²) in [4.78, 5) is 15.6. The van der Waals surface area contributed by atoms with Crippen LogP contribution in [0.4, 0.5) is 13.2 Å². The van der Waals surface area contributed by atoms with Crippen molar-refractivity contribution in [2.75, 3.05) is 6.26 Å². The summed E-state index contributed by atoms with van der Waals surface area (Å²) in [6.45, 7) is 0. The van der Waals surface area contributed by atoms with Crippen molar-refractivity contribution in [1.29, 1.82) is 0 Å². The lowest BCUT2D eigenvalue weighted by Gasteiger charge is -2.62. The molecule has 0 aromatic heterocycles. The number of piperidine rings is 1. The SMILES string of the molecule is CS(=O)(=O)N[C@H]1C[C@@H]2C[C@@H]2N(C(=O)C23CC(C2)C3)[C@H]1Cc1cccc(-c2cc(F)cc(F)c2)c1F. The van der Waals surface area contributed by atoms with Gasteiger partial charge in [0.05, 0.1) is 17.7 Å². The number of rotatable bonds is 6. The third-order valence-corrected chi connectivity index (χ3v) is 9.13. The van der Waals surface area contributed by atoms with Crippen LogP contribution in [0, 0.1) is 34.7 Å². The highest BCUT2D eigenvalue weighted by atomic mass is 32.2. The average molecular weight is 505 g/mol. The third kappa shape index (κ3) is 3.96. The number of amides is 1. The zero-order chi connectivity index (χ0) is 24.7. The maximum absolute atomic E-state index is 15.7. The number of hydrogen-bond acceptors (Lipinski definition) is 3. The maximum Gasteiger partial charge on any atom is 0.229 e. The Labute approximate surface area is 202 Å². The molecule has 5 nitrogen and oxygen atoms in total. The van der Waals surface area contributed by atoms with Crippen molar-refractivity contribution in [3.05, 3.63) is 59.4 Å². The van der Waals surface area contributed by atoms with Crippen LogP contribution < -0.4 is 4.72 Å². The monoisotopic (exact) mass is 504 g/mol. The van der Waals surface area contributed by atoms with E-state index in [-0.39, 0.29) is 46.4 Å². The molecule has 5 aliphatic rings. The van der Waals surface area contributed by atoms with Crippen LogP contribution in [0.2, 0.25) is 0 Å². The van der Waals surface area contributed by atoms with E-state index in [4.69, 9.17) is 0 Å². The van der Waals surface area contributed by atoms with Crippen molar-refractivity contribution in [3.63, 3.8) is 0 Å². The molecule has 7 rings (SSSR count).